The number of aromatic nitrogens is 2. The molecule has 1 saturated heterocycles. The van der Waals surface area contributed by atoms with Crippen LogP contribution in [0.1, 0.15) is 28.5 Å². The molecule has 0 radical (unpaired) electrons. The number of benzene rings is 1. The number of thioether (sulfide) groups is 1. The van der Waals surface area contributed by atoms with E-state index in [0.717, 1.165) is 40.1 Å². The highest BCUT2D eigenvalue weighted by molar-refractivity contribution is 7.99. The summed E-state index contributed by atoms with van der Waals surface area (Å²) in [5.41, 5.74) is 3.26. The van der Waals surface area contributed by atoms with Gasteiger partial charge in [-0.25, -0.2) is 15.0 Å². The minimum absolute atomic E-state index is 0.0244. The van der Waals surface area contributed by atoms with Gasteiger partial charge < -0.3 is 9.64 Å². The zero-order valence-electron chi connectivity index (χ0n) is 18.4. The SMILES string of the molecule is Cc1ccc(C2CC(c3cccs3)=NN2C(=O)CSc2cc(N3CCOCC3)ncn2)cc1. The van der Waals surface area contributed by atoms with Gasteiger partial charge >= 0.3 is 0 Å². The van der Waals surface area contributed by atoms with Crippen LogP contribution >= 0.6 is 23.1 Å². The topological polar surface area (TPSA) is 70.9 Å². The largest absolute Gasteiger partial charge is 0.378 e. The standard InChI is InChI=1S/C24H25N5O2S2/c1-17-4-6-18(7-5-17)20-13-19(21-3-2-12-32-21)27-29(20)24(30)15-33-23-14-22(25-16-26-23)28-8-10-31-11-9-28/h2-7,12,14,16,20H,8-11,13,15H2,1H3. The number of morpholine rings is 1. The number of rotatable bonds is 6. The summed E-state index contributed by atoms with van der Waals surface area (Å²) in [5, 5.41) is 9.25. The fourth-order valence-electron chi connectivity index (χ4n) is 3.96. The summed E-state index contributed by atoms with van der Waals surface area (Å²) in [6.07, 6.45) is 2.28. The summed E-state index contributed by atoms with van der Waals surface area (Å²) in [6, 6.07) is 14.3. The van der Waals surface area contributed by atoms with E-state index in [2.05, 4.69) is 52.1 Å². The Morgan fingerprint density at radius 2 is 2.00 bits per heavy atom. The van der Waals surface area contributed by atoms with Crippen molar-refractivity contribution < 1.29 is 9.53 Å². The third kappa shape index (κ3) is 5.10. The van der Waals surface area contributed by atoms with Crippen molar-refractivity contribution in [1.82, 2.24) is 15.0 Å². The zero-order chi connectivity index (χ0) is 22.6. The molecule has 1 amide bonds. The van der Waals surface area contributed by atoms with Crippen LogP contribution in [0.2, 0.25) is 0 Å². The van der Waals surface area contributed by atoms with Crippen molar-refractivity contribution in [2.24, 2.45) is 5.10 Å². The molecule has 2 aromatic heterocycles. The highest BCUT2D eigenvalue weighted by atomic mass is 32.2. The lowest BCUT2D eigenvalue weighted by Gasteiger charge is -2.27. The summed E-state index contributed by atoms with van der Waals surface area (Å²) >= 11 is 3.08. The van der Waals surface area contributed by atoms with Gasteiger partial charge in [0.1, 0.15) is 17.2 Å². The van der Waals surface area contributed by atoms with Crippen LogP contribution < -0.4 is 4.90 Å². The molecule has 7 nitrogen and oxygen atoms in total. The van der Waals surface area contributed by atoms with E-state index in [-0.39, 0.29) is 17.7 Å². The first-order valence-electron chi connectivity index (χ1n) is 10.9. The summed E-state index contributed by atoms with van der Waals surface area (Å²) in [7, 11) is 0. The van der Waals surface area contributed by atoms with E-state index in [0.29, 0.717) is 19.6 Å². The smallest absolute Gasteiger partial charge is 0.253 e. The second-order valence-electron chi connectivity index (χ2n) is 8.00. The van der Waals surface area contributed by atoms with Crippen LogP contribution in [0, 0.1) is 6.92 Å². The lowest BCUT2D eigenvalue weighted by molar-refractivity contribution is -0.130. The number of carbonyl (C=O) groups is 1. The molecule has 1 unspecified atom stereocenters. The van der Waals surface area contributed by atoms with Crippen molar-refractivity contribution in [3.63, 3.8) is 0 Å². The highest BCUT2D eigenvalue weighted by Gasteiger charge is 2.33. The van der Waals surface area contributed by atoms with Gasteiger partial charge in [-0.15, -0.1) is 11.3 Å². The Hall–Kier alpha value is -2.75. The molecule has 1 aromatic carbocycles. The van der Waals surface area contributed by atoms with E-state index in [1.54, 1.807) is 22.7 Å². The van der Waals surface area contributed by atoms with Crippen LogP contribution in [0.15, 0.2) is 64.3 Å². The van der Waals surface area contributed by atoms with E-state index in [1.165, 1.54) is 17.3 Å². The molecule has 0 saturated carbocycles. The number of carbonyl (C=O) groups excluding carboxylic acids is 1. The van der Waals surface area contributed by atoms with Gasteiger partial charge in [0.05, 0.1) is 35.6 Å². The maximum Gasteiger partial charge on any atom is 0.253 e. The monoisotopic (exact) mass is 479 g/mol. The van der Waals surface area contributed by atoms with Gasteiger partial charge in [-0.3, -0.25) is 4.79 Å². The molecule has 4 heterocycles. The molecule has 2 aliphatic rings. The molecule has 9 heteroatoms. The summed E-state index contributed by atoms with van der Waals surface area (Å²) in [6.45, 7) is 5.09. The van der Waals surface area contributed by atoms with Gasteiger partial charge in [0.2, 0.25) is 0 Å². The molecule has 1 atom stereocenters. The van der Waals surface area contributed by atoms with Gasteiger partial charge in [0, 0.05) is 25.6 Å². The number of hydrogen-bond donors (Lipinski definition) is 0. The average Bonchev–Trinajstić information content (AvgIpc) is 3.54. The number of hydrogen-bond acceptors (Lipinski definition) is 8. The number of nitrogens with zero attached hydrogens (tertiary/aromatic N) is 5. The molecule has 5 rings (SSSR count). The Morgan fingerprint density at radius 1 is 1.18 bits per heavy atom. The maximum absolute atomic E-state index is 13.3. The van der Waals surface area contributed by atoms with Crippen LogP contribution in [0.25, 0.3) is 0 Å². The van der Waals surface area contributed by atoms with Crippen LogP contribution in [0.3, 0.4) is 0 Å². The van der Waals surface area contributed by atoms with Gasteiger partial charge in [-0.1, -0.05) is 47.7 Å². The van der Waals surface area contributed by atoms with Gasteiger partial charge in [0.25, 0.3) is 5.91 Å². The minimum atomic E-state index is -0.0925. The molecule has 0 N–H and O–H groups in total. The van der Waals surface area contributed by atoms with E-state index < -0.39 is 0 Å². The van der Waals surface area contributed by atoms with Crippen LogP contribution in [0.4, 0.5) is 5.82 Å². The van der Waals surface area contributed by atoms with E-state index in [1.807, 2.05) is 17.5 Å². The Balaban J connectivity index is 1.31. The fourth-order valence-corrected chi connectivity index (χ4v) is 5.39. The third-order valence-electron chi connectivity index (χ3n) is 5.74. The number of hydrazone groups is 1. The summed E-state index contributed by atoms with van der Waals surface area (Å²) in [5.74, 6) is 1.12. The van der Waals surface area contributed by atoms with Crippen LogP contribution in [-0.2, 0) is 9.53 Å². The number of thiophene rings is 1. The van der Waals surface area contributed by atoms with Gasteiger partial charge in [-0.05, 0) is 23.9 Å². The number of anilines is 1. The average molecular weight is 480 g/mol. The predicted molar refractivity (Wildman–Crippen MR) is 132 cm³/mol. The van der Waals surface area contributed by atoms with Crippen molar-refractivity contribution in [2.45, 2.75) is 24.4 Å². The molecule has 3 aromatic rings. The Bertz CT molecular complexity index is 1130. The van der Waals surface area contributed by atoms with E-state index >= 15 is 0 Å². The van der Waals surface area contributed by atoms with E-state index in [9.17, 15) is 4.79 Å². The Kier molecular flexibility index (Phi) is 6.70. The van der Waals surface area contributed by atoms with Crippen molar-refractivity contribution in [3.05, 3.63) is 70.2 Å². The summed E-state index contributed by atoms with van der Waals surface area (Å²) < 4.78 is 5.42. The first kappa shape index (κ1) is 22.1. The number of aryl methyl sites for hydroxylation is 1. The van der Waals surface area contributed by atoms with E-state index in [4.69, 9.17) is 9.84 Å². The molecule has 2 aliphatic heterocycles. The molecular formula is C24H25N5O2S2. The lowest BCUT2D eigenvalue weighted by Crippen LogP contribution is -2.36. The molecule has 0 spiro atoms. The van der Waals surface area contributed by atoms with Gasteiger partial charge in [0.15, 0.2) is 0 Å². The zero-order valence-corrected chi connectivity index (χ0v) is 20.0. The molecular weight excluding hydrogens is 454 g/mol. The fraction of sp³-hybridized carbons (Fsp3) is 0.333. The highest BCUT2D eigenvalue weighted by Crippen LogP contribution is 2.34. The first-order valence-corrected chi connectivity index (χ1v) is 12.8. The van der Waals surface area contributed by atoms with Crippen LogP contribution in [-0.4, -0.2) is 58.7 Å². The first-order chi connectivity index (χ1) is 16.2. The Labute approximate surface area is 201 Å². The second-order valence-corrected chi connectivity index (χ2v) is 9.94. The Morgan fingerprint density at radius 3 is 2.76 bits per heavy atom. The third-order valence-corrected chi connectivity index (χ3v) is 7.57. The lowest BCUT2D eigenvalue weighted by atomic mass is 10.00. The summed E-state index contributed by atoms with van der Waals surface area (Å²) in [4.78, 5) is 25.4. The molecule has 170 valence electrons. The van der Waals surface area contributed by atoms with Crippen molar-refractivity contribution in [1.29, 1.82) is 0 Å². The maximum atomic E-state index is 13.3. The quantitative estimate of drug-likeness (QED) is 0.391. The van der Waals surface area contributed by atoms with Crippen molar-refractivity contribution in [3.8, 4) is 0 Å². The second kappa shape index (κ2) is 10.0. The predicted octanol–water partition coefficient (Wildman–Crippen LogP) is 4.15. The molecule has 33 heavy (non-hydrogen) atoms. The molecule has 0 bridgehead atoms. The van der Waals surface area contributed by atoms with Gasteiger partial charge in [-0.2, -0.15) is 5.10 Å². The molecule has 1 fully saturated rings. The number of amides is 1. The van der Waals surface area contributed by atoms with Crippen LogP contribution in [0.5, 0.6) is 0 Å². The van der Waals surface area contributed by atoms with Crippen molar-refractivity contribution in [2.75, 3.05) is 37.0 Å². The molecule has 0 aliphatic carbocycles. The van der Waals surface area contributed by atoms with Crippen molar-refractivity contribution >= 4 is 40.5 Å². The normalized spacial score (nSPS) is 18.5. The number of ether oxygens (including phenoxy) is 1. The minimum Gasteiger partial charge on any atom is -0.378 e.